The van der Waals surface area contributed by atoms with Gasteiger partial charge in [0.2, 0.25) is 5.43 Å². The first-order valence-corrected chi connectivity index (χ1v) is 10.5. The van der Waals surface area contributed by atoms with Crippen LogP contribution < -0.4 is 20.4 Å². The average Bonchev–Trinajstić information content (AvgIpc) is 3.49. The van der Waals surface area contributed by atoms with E-state index >= 15 is 4.39 Å². The van der Waals surface area contributed by atoms with Crippen molar-refractivity contribution in [3.05, 3.63) is 33.9 Å². The minimum absolute atomic E-state index is 0.0267. The highest BCUT2D eigenvalue weighted by Crippen LogP contribution is 2.44. The molecule has 0 unspecified atom stereocenters. The minimum atomic E-state index is -1.32. The first-order valence-electron chi connectivity index (χ1n) is 10.5. The lowest BCUT2D eigenvalue weighted by Crippen LogP contribution is -2.28. The van der Waals surface area contributed by atoms with E-state index in [2.05, 4.69) is 11.4 Å². The molecule has 164 valence electrons. The molecule has 1 aromatic heterocycles. The largest absolute Gasteiger partial charge is 0.492 e. The van der Waals surface area contributed by atoms with Crippen LogP contribution in [0.5, 0.6) is 5.75 Å². The third kappa shape index (κ3) is 3.95. The van der Waals surface area contributed by atoms with Crippen LogP contribution in [0.3, 0.4) is 0 Å². The van der Waals surface area contributed by atoms with Crippen LogP contribution in [0.2, 0.25) is 0 Å². The fourth-order valence-corrected chi connectivity index (χ4v) is 4.38. The number of pyridine rings is 1. The Bertz CT molecular complexity index is 1120. The lowest BCUT2D eigenvalue weighted by molar-refractivity contribution is 0.0695. The van der Waals surface area contributed by atoms with E-state index in [9.17, 15) is 14.7 Å². The van der Waals surface area contributed by atoms with Gasteiger partial charge in [-0.05, 0) is 37.8 Å². The summed E-state index contributed by atoms with van der Waals surface area (Å²) in [5.74, 6) is -1.34. The highest BCUT2D eigenvalue weighted by Gasteiger charge is 2.33. The summed E-state index contributed by atoms with van der Waals surface area (Å²) in [7, 11) is 1.45. The summed E-state index contributed by atoms with van der Waals surface area (Å²) >= 11 is 0. The van der Waals surface area contributed by atoms with Gasteiger partial charge in [0.05, 0.1) is 24.1 Å². The maximum absolute atomic E-state index is 15.3. The van der Waals surface area contributed by atoms with Crippen LogP contribution in [0.25, 0.3) is 10.9 Å². The lowest BCUT2D eigenvalue weighted by Gasteiger charge is -2.25. The van der Waals surface area contributed by atoms with E-state index in [-0.39, 0.29) is 22.7 Å². The van der Waals surface area contributed by atoms with Crippen LogP contribution in [-0.2, 0) is 0 Å². The lowest BCUT2D eigenvalue weighted by atomic mass is 10.1. The Hall–Kier alpha value is -3.12. The fourth-order valence-electron chi connectivity index (χ4n) is 4.38. The molecule has 2 fully saturated rings. The van der Waals surface area contributed by atoms with E-state index in [1.807, 2.05) is 4.90 Å². The molecular formula is C22H25FN4O4. The molecule has 31 heavy (non-hydrogen) atoms. The Balaban J connectivity index is 1.76. The molecule has 1 saturated carbocycles. The molecule has 1 aromatic carbocycles. The van der Waals surface area contributed by atoms with Gasteiger partial charge in [0.1, 0.15) is 11.3 Å². The summed E-state index contributed by atoms with van der Waals surface area (Å²) in [6.45, 7) is 2.63. The normalized spacial score (nSPS) is 18.4. The predicted octanol–water partition coefficient (Wildman–Crippen LogP) is 2.51. The number of hydrogen-bond acceptors (Lipinski definition) is 6. The monoisotopic (exact) mass is 428 g/mol. The number of carboxylic acid groups (broad SMARTS) is 1. The number of hydrogen-bond donors (Lipinski definition) is 2. The minimum Gasteiger partial charge on any atom is -0.492 e. The van der Waals surface area contributed by atoms with Crippen molar-refractivity contribution in [2.24, 2.45) is 5.92 Å². The first kappa shape index (κ1) is 21.1. The maximum Gasteiger partial charge on any atom is 0.341 e. The number of carbonyl (C=O) groups is 1. The molecule has 2 aliphatic rings. The smallest absolute Gasteiger partial charge is 0.341 e. The van der Waals surface area contributed by atoms with Crippen molar-refractivity contribution in [2.45, 2.75) is 31.7 Å². The number of halogens is 1. The standard InChI is InChI=1S/C22H25FN4O4/c1-31-21-18-15(20(28)16(22(29)30)12-27(18)14-3-4-14)9-17(23)19(21)26-8-5-13(11-26)10-25-7-2-6-24/h9,12-14,25H,2-5,7-8,10-11H2,1H3,(H,29,30)/t13-/m0/s1. The summed E-state index contributed by atoms with van der Waals surface area (Å²) in [5.41, 5.74) is -0.305. The van der Waals surface area contributed by atoms with Gasteiger partial charge in [0.15, 0.2) is 11.6 Å². The first-order chi connectivity index (χ1) is 15.0. The third-order valence-corrected chi connectivity index (χ3v) is 6.02. The molecule has 2 N–H and O–H groups in total. The molecule has 9 heteroatoms. The molecule has 0 amide bonds. The molecule has 1 saturated heterocycles. The molecular weight excluding hydrogens is 403 g/mol. The number of aromatic carboxylic acids is 1. The number of nitriles is 1. The molecule has 1 aliphatic heterocycles. The second-order valence-corrected chi connectivity index (χ2v) is 8.16. The molecule has 2 aromatic rings. The molecule has 1 aliphatic carbocycles. The molecule has 2 heterocycles. The number of carboxylic acids is 1. The van der Waals surface area contributed by atoms with Crippen molar-refractivity contribution in [1.29, 1.82) is 5.26 Å². The molecule has 4 rings (SSSR count). The van der Waals surface area contributed by atoms with Crippen molar-refractivity contribution in [1.82, 2.24) is 9.88 Å². The number of aromatic nitrogens is 1. The van der Waals surface area contributed by atoms with Crippen molar-refractivity contribution in [3.63, 3.8) is 0 Å². The number of nitrogens with one attached hydrogen (secondary N) is 1. The van der Waals surface area contributed by atoms with Gasteiger partial charge >= 0.3 is 5.97 Å². The summed E-state index contributed by atoms with van der Waals surface area (Å²) in [5, 5.41) is 21.4. The molecule has 8 nitrogen and oxygen atoms in total. The van der Waals surface area contributed by atoms with Gasteiger partial charge < -0.3 is 24.6 Å². The SMILES string of the molecule is COc1c(N2CC[C@@H](CNCCC#N)C2)c(F)cc2c(=O)c(C(=O)O)cn(C3CC3)c12. The second kappa shape index (κ2) is 8.55. The van der Waals surface area contributed by atoms with Gasteiger partial charge in [-0.15, -0.1) is 0 Å². The van der Waals surface area contributed by atoms with Crippen LogP contribution in [0.1, 0.15) is 42.1 Å². The summed E-state index contributed by atoms with van der Waals surface area (Å²) in [6.07, 6.45) is 4.41. The van der Waals surface area contributed by atoms with Crippen LogP contribution in [0.4, 0.5) is 10.1 Å². The van der Waals surface area contributed by atoms with Crippen LogP contribution in [-0.4, -0.2) is 48.9 Å². The Morgan fingerprint density at radius 2 is 2.19 bits per heavy atom. The van der Waals surface area contributed by atoms with Crippen LogP contribution >= 0.6 is 0 Å². The Morgan fingerprint density at radius 1 is 1.42 bits per heavy atom. The summed E-state index contributed by atoms with van der Waals surface area (Å²) in [6, 6.07) is 3.32. The quantitative estimate of drug-likeness (QED) is 0.622. The highest BCUT2D eigenvalue weighted by molar-refractivity contribution is 5.97. The number of anilines is 1. The number of benzene rings is 1. The number of methoxy groups -OCH3 is 1. The second-order valence-electron chi connectivity index (χ2n) is 8.16. The predicted molar refractivity (Wildman–Crippen MR) is 113 cm³/mol. The zero-order valence-electron chi connectivity index (χ0n) is 17.4. The van der Waals surface area contributed by atoms with Crippen molar-refractivity contribution < 1.29 is 19.0 Å². The summed E-state index contributed by atoms with van der Waals surface area (Å²) in [4.78, 5) is 26.3. The van der Waals surface area contributed by atoms with Gasteiger partial charge in [0.25, 0.3) is 0 Å². The highest BCUT2D eigenvalue weighted by atomic mass is 19.1. The molecule has 0 radical (unpaired) electrons. The molecule has 1 atom stereocenters. The van der Waals surface area contributed by atoms with E-state index < -0.39 is 17.2 Å². The van der Waals surface area contributed by atoms with Crippen molar-refractivity contribution in [3.8, 4) is 11.8 Å². The Morgan fingerprint density at radius 3 is 2.84 bits per heavy atom. The van der Waals surface area contributed by atoms with Gasteiger partial charge in [-0.3, -0.25) is 4.79 Å². The van der Waals surface area contributed by atoms with Crippen LogP contribution in [0, 0.1) is 23.1 Å². The zero-order valence-corrected chi connectivity index (χ0v) is 17.4. The molecule has 0 spiro atoms. The number of fused-ring (bicyclic) bond motifs is 1. The Labute approximate surface area is 178 Å². The van der Waals surface area contributed by atoms with Gasteiger partial charge in [-0.2, -0.15) is 5.26 Å². The average molecular weight is 428 g/mol. The van der Waals surface area contributed by atoms with E-state index in [1.54, 1.807) is 4.57 Å². The van der Waals surface area contributed by atoms with E-state index in [1.165, 1.54) is 13.3 Å². The third-order valence-electron chi connectivity index (χ3n) is 6.02. The number of nitrogens with zero attached hydrogens (tertiary/aromatic N) is 3. The van der Waals surface area contributed by atoms with E-state index in [4.69, 9.17) is 10.00 Å². The van der Waals surface area contributed by atoms with E-state index in [0.717, 1.165) is 31.9 Å². The van der Waals surface area contributed by atoms with Gasteiger partial charge in [-0.25, -0.2) is 9.18 Å². The van der Waals surface area contributed by atoms with Crippen molar-refractivity contribution in [2.75, 3.05) is 38.2 Å². The van der Waals surface area contributed by atoms with E-state index in [0.29, 0.717) is 43.2 Å². The topological polar surface area (TPSA) is 108 Å². The summed E-state index contributed by atoms with van der Waals surface area (Å²) < 4.78 is 22.7. The maximum atomic E-state index is 15.3. The number of rotatable bonds is 8. The van der Waals surface area contributed by atoms with Gasteiger partial charge in [0, 0.05) is 38.3 Å². The molecule has 0 bridgehead atoms. The Kier molecular flexibility index (Phi) is 5.83. The zero-order chi connectivity index (χ0) is 22.1. The van der Waals surface area contributed by atoms with Gasteiger partial charge in [-0.1, -0.05) is 0 Å². The van der Waals surface area contributed by atoms with Crippen LogP contribution in [0.15, 0.2) is 17.1 Å². The fraction of sp³-hybridized carbons (Fsp3) is 0.500. The van der Waals surface area contributed by atoms with Crippen molar-refractivity contribution >= 4 is 22.6 Å². The number of ether oxygens (including phenoxy) is 1.